The third kappa shape index (κ3) is 39.8. The molecular formula is C61H109NO10. The minimum Gasteiger partial charge on any atom is -0.466 e. The molecule has 1 rings (SSSR count). The highest BCUT2D eigenvalue weighted by Gasteiger charge is 2.44. The van der Waals surface area contributed by atoms with Crippen molar-refractivity contribution in [3.63, 3.8) is 0 Å². The van der Waals surface area contributed by atoms with Gasteiger partial charge in [-0.1, -0.05) is 196 Å². The van der Waals surface area contributed by atoms with Crippen molar-refractivity contribution in [3.8, 4) is 0 Å². The maximum atomic E-state index is 13.0. The molecule has 0 aromatic heterocycles. The number of nitrogens with one attached hydrogen (secondary N) is 1. The topological polar surface area (TPSA) is 175 Å². The molecule has 7 unspecified atom stereocenters. The molecule has 0 radical (unpaired) electrons. The smallest absolute Gasteiger partial charge is 0.305 e. The van der Waals surface area contributed by atoms with Crippen molar-refractivity contribution >= 4 is 11.9 Å². The Morgan fingerprint density at radius 1 is 0.528 bits per heavy atom. The van der Waals surface area contributed by atoms with Crippen molar-refractivity contribution < 1.29 is 49.3 Å². The van der Waals surface area contributed by atoms with Gasteiger partial charge in [-0.05, 0) is 103 Å². The summed E-state index contributed by atoms with van der Waals surface area (Å²) in [5.74, 6) is -0.233. The predicted molar refractivity (Wildman–Crippen MR) is 296 cm³/mol. The van der Waals surface area contributed by atoms with Crippen LogP contribution in [-0.2, 0) is 23.8 Å². The third-order valence-electron chi connectivity index (χ3n) is 13.6. The minimum absolute atomic E-state index is 0.0183. The van der Waals surface area contributed by atoms with E-state index in [9.17, 15) is 35.1 Å². The molecule has 1 aliphatic heterocycles. The van der Waals surface area contributed by atoms with Gasteiger partial charge in [-0.2, -0.15) is 0 Å². The Kier molecular flexibility index (Phi) is 47.3. The summed E-state index contributed by atoms with van der Waals surface area (Å²) in [4.78, 5) is 25.1. The summed E-state index contributed by atoms with van der Waals surface area (Å²) >= 11 is 0. The van der Waals surface area contributed by atoms with E-state index in [-0.39, 0.29) is 18.5 Å². The summed E-state index contributed by atoms with van der Waals surface area (Å²) < 4.78 is 16.6. The van der Waals surface area contributed by atoms with E-state index in [1.807, 2.05) is 19.1 Å². The first-order chi connectivity index (χ1) is 35.2. The van der Waals surface area contributed by atoms with Crippen molar-refractivity contribution in [1.29, 1.82) is 0 Å². The lowest BCUT2D eigenvalue weighted by molar-refractivity contribution is -0.302. The van der Waals surface area contributed by atoms with Gasteiger partial charge in [0.2, 0.25) is 5.91 Å². The molecule has 1 saturated heterocycles. The Labute approximate surface area is 439 Å². The number of aliphatic hydroxyl groups excluding tert-OH is 5. The molecule has 0 saturated carbocycles. The van der Waals surface area contributed by atoms with Gasteiger partial charge >= 0.3 is 5.97 Å². The van der Waals surface area contributed by atoms with Gasteiger partial charge in [-0.3, -0.25) is 9.59 Å². The number of amides is 1. The number of aliphatic hydroxyl groups is 5. The van der Waals surface area contributed by atoms with Crippen molar-refractivity contribution in [2.24, 2.45) is 0 Å². The third-order valence-corrected chi connectivity index (χ3v) is 13.6. The molecule has 72 heavy (non-hydrogen) atoms. The lowest BCUT2D eigenvalue weighted by Crippen LogP contribution is -2.60. The van der Waals surface area contributed by atoms with E-state index in [0.29, 0.717) is 25.9 Å². The number of unbranched alkanes of at least 4 members (excludes halogenated alkanes) is 29. The van der Waals surface area contributed by atoms with Crippen LogP contribution in [0.25, 0.3) is 0 Å². The van der Waals surface area contributed by atoms with E-state index in [1.165, 1.54) is 128 Å². The molecule has 7 atom stereocenters. The second-order valence-electron chi connectivity index (χ2n) is 20.3. The van der Waals surface area contributed by atoms with Crippen LogP contribution in [0.3, 0.4) is 0 Å². The molecule has 0 aromatic rings. The molecule has 0 bridgehead atoms. The van der Waals surface area contributed by atoms with Crippen LogP contribution in [0.2, 0.25) is 0 Å². The van der Waals surface area contributed by atoms with E-state index in [2.05, 4.69) is 54.8 Å². The molecule has 1 fully saturated rings. The Bertz CT molecular complexity index is 1380. The lowest BCUT2D eigenvalue weighted by atomic mass is 9.99. The number of ether oxygens (including phenoxy) is 3. The Morgan fingerprint density at radius 2 is 0.958 bits per heavy atom. The van der Waals surface area contributed by atoms with Gasteiger partial charge in [0.25, 0.3) is 0 Å². The van der Waals surface area contributed by atoms with Crippen LogP contribution in [-0.4, -0.2) is 100 Å². The van der Waals surface area contributed by atoms with Crippen LogP contribution in [0, 0.1) is 0 Å². The summed E-state index contributed by atoms with van der Waals surface area (Å²) in [6.45, 7) is 4.05. The second-order valence-corrected chi connectivity index (χ2v) is 20.3. The number of carbonyl (C=O) groups excluding carboxylic acids is 2. The molecule has 1 aliphatic rings. The van der Waals surface area contributed by atoms with Gasteiger partial charge in [0, 0.05) is 12.8 Å². The Morgan fingerprint density at radius 3 is 1.46 bits per heavy atom. The standard InChI is InChI=1S/C61H109NO10/c1-3-5-7-9-11-13-14-15-16-19-23-26-29-33-37-41-45-49-57(66)70-50-46-42-38-34-30-27-24-21-18-17-20-22-25-28-32-36-40-44-48-56(65)62-53(54(64)47-43-39-35-31-12-10-8-6-4-2)52-71-61-60(69)59(68)58(67)55(51-63)72-61/h4,6,12,15-16,20,22,31,43,47,53-55,58-61,63-64,67-69H,3,5,7-11,13-14,17-19,21,23-30,32-42,44-46,48-52H2,1-2H3,(H,62,65)/b6-4+,16-15-,22-20-,31-12+,47-43+. The van der Waals surface area contributed by atoms with Crippen molar-refractivity contribution in [2.75, 3.05) is 19.8 Å². The van der Waals surface area contributed by atoms with Crippen molar-refractivity contribution in [2.45, 2.75) is 294 Å². The minimum atomic E-state index is -1.58. The number of hydrogen-bond acceptors (Lipinski definition) is 10. The van der Waals surface area contributed by atoms with Crippen molar-refractivity contribution in [1.82, 2.24) is 5.32 Å². The number of carbonyl (C=O) groups is 2. The van der Waals surface area contributed by atoms with E-state index in [1.54, 1.807) is 6.08 Å². The SMILES string of the molecule is C/C=C/CC/C=C/CC/C=C/C(O)C(COC1OC(CO)C(O)C(O)C1O)NC(=O)CCCCCCC/C=C\CCCCCCCCCCCOC(=O)CCCCCCCCC/C=C\CCCCCCCC. The molecule has 0 spiro atoms. The summed E-state index contributed by atoms with van der Waals surface area (Å²) in [5, 5.41) is 54.1. The molecule has 11 heteroatoms. The van der Waals surface area contributed by atoms with Crippen LogP contribution in [0.15, 0.2) is 60.8 Å². The first-order valence-electron chi connectivity index (χ1n) is 29.5. The predicted octanol–water partition coefficient (Wildman–Crippen LogP) is 13.4. The Balaban J connectivity index is 2.03. The summed E-state index contributed by atoms with van der Waals surface area (Å²) in [6.07, 6.45) is 54.9. The molecule has 11 nitrogen and oxygen atoms in total. The highest BCUT2D eigenvalue weighted by molar-refractivity contribution is 5.76. The van der Waals surface area contributed by atoms with Gasteiger partial charge in [0.05, 0.1) is 32.0 Å². The van der Waals surface area contributed by atoms with Gasteiger partial charge in [-0.25, -0.2) is 0 Å². The van der Waals surface area contributed by atoms with E-state index in [0.717, 1.165) is 89.9 Å². The zero-order valence-electron chi connectivity index (χ0n) is 45.9. The maximum absolute atomic E-state index is 13.0. The van der Waals surface area contributed by atoms with Gasteiger partial charge in [0.15, 0.2) is 6.29 Å². The van der Waals surface area contributed by atoms with Crippen LogP contribution in [0.5, 0.6) is 0 Å². The average Bonchev–Trinajstić information content (AvgIpc) is 3.38. The number of esters is 1. The normalized spacial score (nSPS) is 19.5. The molecule has 418 valence electrons. The lowest BCUT2D eigenvalue weighted by Gasteiger charge is -2.40. The average molecular weight is 1020 g/mol. The van der Waals surface area contributed by atoms with Crippen LogP contribution >= 0.6 is 0 Å². The first kappa shape index (κ1) is 67.4. The summed E-state index contributed by atoms with van der Waals surface area (Å²) in [5.41, 5.74) is 0. The van der Waals surface area contributed by atoms with Gasteiger partial charge in [0.1, 0.15) is 24.4 Å². The molecule has 0 aromatic carbocycles. The molecule has 1 heterocycles. The fourth-order valence-corrected chi connectivity index (χ4v) is 8.93. The van der Waals surface area contributed by atoms with Gasteiger partial charge in [-0.15, -0.1) is 0 Å². The fourth-order valence-electron chi connectivity index (χ4n) is 8.93. The molecular weight excluding hydrogens is 907 g/mol. The Hall–Kier alpha value is -2.64. The largest absolute Gasteiger partial charge is 0.466 e. The number of hydrogen-bond donors (Lipinski definition) is 6. The van der Waals surface area contributed by atoms with Gasteiger partial charge < -0.3 is 45.1 Å². The van der Waals surface area contributed by atoms with E-state index >= 15 is 0 Å². The molecule has 1 amide bonds. The van der Waals surface area contributed by atoms with Crippen molar-refractivity contribution in [3.05, 3.63) is 60.8 Å². The summed E-state index contributed by atoms with van der Waals surface area (Å²) in [6, 6.07) is -0.844. The van der Waals surface area contributed by atoms with E-state index in [4.69, 9.17) is 14.2 Å². The summed E-state index contributed by atoms with van der Waals surface area (Å²) in [7, 11) is 0. The quantitative estimate of drug-likeness (QED) is 0.0195. The van der Waals surface area contributed by atoms with Crippen LogP contribution < -0.4 is 5.32 Å². The molecule has 6 N–H and O–H groups in total. The zero-order valence-corrected chi connectivity index (χ0v) is 45.9. The number of rotatable bonds is 50. The highest BCUT2D eigenvalue weighted by atomic mass is 16.7. The zero-order chi connectivity index (χ0) is 52.4. The fraction of sp³-hybridized carbons (Fsp3) is 0.803. The van der Waals surface area contributed by atoms with Crippen LogP contribution in [0.4, 0.5) is 0 Å². The van der Waals surface area contributed by atoms with E-state index < -0.39 is 49.5 Å². The maximum Gasteiger partial charge on any atom is 0.305 e. The highest BCUT2D eigenvalue weighted by Crippen LogP contribution is 2.23. The molecule has 0 aliphatic carbocycles. The monoisotopic (exact) mass is 1020 g/mol. The second kappa shape index (κ2) is 50.5. The first-order valence-corrected chi connectivity index (χ1v) is 29.5. The van der Waals surface area contributed by atoms with Crippen LogP contribution in [0.1, 0.15) is 251 Å². The number of allylic oxidation sites excluding steroid dienone is 9.